The fraction of sp³-hybridized carbons (Fsp3) is 0.476. The van der Waals surface area contributed by atoms with E-state index in [1.165, 1.54) is 19.3 Å². The third kappa shape index (κ3) is 4.28. The number of aryl methyl sites for hydroxylation is 1. The number of nitrogens with zero attached hydrogens (tertiary/aromatic N) is 1. The third-order valence-corrected chi connectivity index (χ3v) is 4.96. The summed E-state index contributed by atoms with van der Waals surface area (Å²) in [7, 11) is 0. The van der Waals surface area contributed by atoms with E-state index >= 15 is 0 Å². The van der Waals surface area contributed by atoms with Gasteiger partial charge in [0.25, 0.3) is 5.91 Å². The number of amides is 1. The quantitative estimate of drug-likeness (QED) is 0.765. The van der Waals surface area contributed by atoms with Gasteiger partial charge in [0.05, 0.1) is 6.54 Å². The fourth-order valence-corrected chi connectivity index (χ4v) is 3.41. The van der Waals surface area contributed by atoms with Crippen LogP contribution in [0, 0.1) is 6.92 Å². The van der Waals surface area contributed by atoms with E-state index in [0.29, 0.717) is 11.4 Å². The Labute approximate surface area is 155 Å². The zero-order chi connectivity index (χ0) is 18.7. The number of hydrogen-bond donors (Lipinski definition) is 2. The van der Waals surface area contributed by atoms with Crippen molar-refractivity contribution < 1.29 is 14.3 Å². The molecule has 1 saturated heterocycles. The van der Waals surface area contributed by atoms with Gasteiger partial charge in [0, 0.05) is 5.69 Å². The first kappa shape index (κ1) is 18.5. The van der Waals surface area contributed by atoms with Crippen molar-refractivity contribution in [3.05, 3.63) is 46.9 Å². The van der Waals surface area contributed by atoms with Gasteiger partial charge in [-0.1, -0.05) is 20.3 Å². The lowest BCUT2D eigenvalue weighted by atomic mass is 9.99. The lowest BCUT2D eigenvalue weighted by Gasteiger charge is -2.25. The minimum atomic E-state index is -0.265. The average Bonchev–Trinajstić information content (AvgIpc) is 3.06. The van der Waals surface area contributed by atoms with Gasteiger partial charge in [-0.15, -0.1) is 0 Å². The molecule has 0 atom stereocenters. The van der Waals surface area contributed by atoms with Gasteiger partial charge in [-0.2, -0.15) is 0 Å². The number of phenols is 1. The molecule has 140 valence electrons. The highest BCUT2D eigenvalue weighted by atomic mass is 16.4. The zero-order valence-electron chi connectivity index (χ0n) is 15.8. The molecule has 2 aromatic rings. The van der Waals surface area contributed by atoms with E-state index in [-0.39, 0.29) is 17.6 Å². The third-order valence-electron chi connectivity index (χ3n) is 4.96. The molecular weight excluding hydrogens is 328 g/mol. The van der Waals surface area contributed by atoms with Crippen molar-refractivity contribution in [2.45, 2.75) is 52.5 Å². The Bertz CT molecular complexity index is 774. The summed E-state index contributed by atoms with van der Waals surface area (Å²) in [4.78, 5) is 14.9. The first-order chi connectivity index (χ1) is 12.4. The number of anilines is 1. The molecule has 0 bridgehead atoms. The number of carbonyl (C=O) groups excluding carboxylic acids is 1. The molecule has 1 amide bonds. The standard InChI is InChI=1S/C21H28N2O3/c1-14(2)17-12-18(15(3)11-19(17)24)22-21(25)20-8-7-16(26-20)13-23-9-5-4-6-10-23/h7-8,11-12,14,24H,4-6,9-10,13H2,1-3H3,(H,22,25). The number of likely N-dealkylation sites (tertiary alicyclic amines) is 1. The minimum Gasteiger partial charge on any atom is -0.508 e. The van der Waals surface area contributed by atoms with Crippen LogP contribution in [0.3, 0.4) is 0 Å². The van der Waals surface area contributed by atoms with E-state index < -0.39 is 0 Å². The van der Waals surface area contributed by atoms with Gasteiger partial charge < -0.3 is 14.8 Å². The van der Waals surface area contributed by atoms with Crippen LogP contribution in [0.5, 0.6) is 5.75 Å². The number of benzene rings is 1. The molecule has 0 aliphatic carbocycles. The van der Waals surface area contributed by atoms with Crippen LogP contribution in [0.2, 0.25) is 0 Å². The lowest BCUT2D eigenvalue weighted by molar-refractivity contribution is 0.0992. The molecule has 1 aromatic heterocycles. The van der Waals surface area contributed by atoms with Crippen LogP contribution < -0.4 is 5.32 Å². The van der Waals surface area contributed by atoms with Crippen LogP contribution in [0.4, 0.5) is 5.69 Å². The van der Waals surface area contributed by atoms with Crippen molar-refractivity contribution >= 4 is 11.6 Å². The summed E-state index contributed by atoms with van der Waals surface area (Å²) in [6.45, 7) is 8.82. The Balaban J connectivity index is 1.69. The van der Waals surface area contributed by atoms with Crippen LogP contribution in [-0.2, 0) is 6.54 Å². The molecule has 0 saturated carbocycles. The second-order valence-corrected chi connectivity index (χ2v) is 7.44. The molecule has 2 N–H and O–H groups in total. The molecule has 0 radical (unpaired) electrons. The van der Waals surface area contributed by atoms with Crippen molar-refractivity contribution in [3.63, 3.8) is 0 Å². The Morgan fingerprint density at radius 1 is 1.23 bits per heavy atom. The highest BCUT2D eigenvalue weighted by Crippen LogP contribution is 2.31. The predicted octanol–water partition coefficient (Wildman–Crippen LogP) is 4.66. The topological polar surface area (TPSA) is 65.7 Å². The minimum absolute atomic E-state index is 0.172. The molecule has 5 heteroatoms. The fourth-order valence-electron chi connectivity index (χ4n) is 3.41. The molecule has 5 nitrogen and oxygen atoms in total. The number of carbonyl (C=O) groups is 1. The Kier molecular flexibility index (Phi) is 5.67. The van der Waals surface area contributed by atoms with Gasteiger partial charge in [-0.05, 0) is 74.2 Å². The number of furan rings is 1. The maximum atomic E-state index is 12.6. The van der Waals surface area contributed by atoms with E-state index in [4.69, 9.17) is 4.42 Å². The smallest absolute Gasteiger partial charge is 0.291 e. The number of piperidine rings is 1. The van der Waals surface area contributed by atoms with E-state index in [0.717, 1.165) is 36.5 Å². The summed E-state index contributed by atoms with van der Waals surface area (Å²) in [5.74, 6) is 1.31. The van der Waals surface area contributed by atoms with Gasteiger partial charge in [-0.25, -0.2) is 0 Å². The van der Waals surface area contributed by atoms with Crippen LogP contribution in [0.25, 0.3) is 0 Å². The number of nitrogens with one attached hydrogen (secondary N) is 1. The molecule has 3 rings (SSSR count). The lowest BCUT2D eigenvalue weighted by Crippen LogP contribution is -2.28. The molecule has 2 heterocycles. The number of hydrogen-bond acceptors (Lipinski definition) is 4. The number of phenolic OH excluding ortho intramolecular Hbond substituents is 1. The maximum absolute atomic E-state index is 12.6. The first-order valence-electron chi connectivity index (χ1n) is 9.40. The molecule has 1 fully saturated rings. The first-order valence-corrected chi connectivity index (χ1v) is 9.40. The monoisotopic (exact) mass is 356 g/mol. The van der Waals surface area contributed by atoms with E-state index in [9.17, 15) is 9.90 Å². The Morgan fingerprint density at radius 3 is 2.65 bits per heavy atom. The second kappa shape index (κ2) is 7.96. The summed E-state index contributed by atoms with van der Waals surface area (Å²) in [5, 5.41) is 13.0. The molecular formula is C21H28N2O3. The largest absolute Gasteiger partial charge is 0.508 e. The predicted molar refractivity (Wildman–Crippen MR) is 103 cm³/mol. The van der Waals surface area contributed by atoms with Gasteiger partial charge in [0.2, 0.25) is 0 Å². The van der Waals surface area contributed by atoms with Crippen molar-refractivity contribution in [2.75, 3.05) is 18.4 Å². The van der Waals surface area contributed by atoms with Crippen molar-refractivity contribution in [1.29, 1.82) is 0 Å². The van der Waals surface area contributed by atoms with Crippen LogP contribution in [-0.4, -0.2) is 29.0 Å². The molecule has 1 aliphatic heterocycles. The molecule has 0 unspecified atom stereocenters. The summed E-state index contributed by atoms with van der Waals surface area (Å²) in [6.07, 6.45) is 3.76. The summed E-state index contributed by atoms with van der Waals surface area (Å²) < 4.78 is 5.76. The second-order valence-electron chi connectivity index (χ2n) is 7.44. The molecule has 1 aliphatic rings. The molecule has 1 aromatic carbocycles. The number of aromatic hydroxyl groups is 1. The van der Waals surface area contributed by atoms with Gasteiger partial charge in [0.1, 0.15) is 11.5 Å². The molecule has 26 heavy (non-hydrogen) atoms. The summed E-state index contributed by atoms with van der Waals surface area (Å²) >= 11 is 0. The van der Waals surface area contributed by atoms with Crippen LogP contribution >= 0.6 is 0 Å². The normalized spacial score (nSPS) is 15.4. The van der Waals surface area contributed by atoms with Crippen LogP contribution in [0.15, 0.2) is 28.7 Å². The Hall–Kier alpha value is -2.27. The van der Waals surface area contributed by atoms with E-state index in [2.05, 4.69) is 10.2 Å². The van der Waals surface area contributed by atoms with Crippen molar-refractivity contribution in [2.24, 2.45) is 0 Å². The molecule has 0 spiro atoms. The van der Waals surface area contributed by atoms with Gasteiger partial charge >= 0.3 is 0 Å². The van der Waals surface area contributed by atoms with Crippen LogP contribution in [0.1, 0.15) is 66.5 Å². The highest BCUT2D eigenvalue weighted by molar-refractivity contribution is 6.02. The average molecular weight is 356 g/mol. The van der Waals surface area contributed by atoms with Gasteiger partial charge in [0.15, 0.2) is 5.76 Å². The van der Waals surface area contributed by atoms with Gasteiger partial charge in [-0.3, -0.25) is 9.69 Å². The Morgan fingerprint density at radius 2 is 1.96 bits per heavy atom. The number of rotatable bonds is 5. The van der Waals surface area contributed by atoms with E-state index in [1.807, 2.05) is 32.9 Å². The SMILES string of the molecule is Cc1cc(O)c(C(C)C)cc1NC(=O)c1ccc(CN2CCCCC2)o1. The summed E-state index contributed by atoms with van der Waals surface area (Å²) in [6, 6.07) is 7.14. The highest BCUT2D eigenvalue weighted by Gasteiger charge is 2.17. The van der Waals surface area contributed by atoms with Crippen molar-refractivity contribution in [1.82, 2.24) is 4.90 Å². The zero-order valence-corrected chi connectivity index (χ0v) is 15.8. The summed E-state index contributed by atoms with van der Waals surface area (Å²) in [5.41, 5.74) is 2.34. The maximum Gasteiger partial charge on any atom is 0.291 e. The van der Waals surface area contributed by atoms with Crippen molar-refractivity contribution in [3.8, 4) is 5.75 Å². The van der Waals surface area contributed by atoms with E-state index in [1.54, 1.807) is 12.1 Å².